The fourth-order valence-electron chi connectivity index (χ4n) is 3.25. The first kappa shape index (κ1) is 21.0. The van der Waals surface area contributed by atoms with Crippen LogP contribution in [0.3, 0.4) is 0 Å². The third-order valence-electron chi connectivity index (χ3n) is 4.81. The zero-order chi connectivity index (χ0) is 22.7. The Morgan fingerprint density at radius 3 is 2.66 bits per heavy atom. The van der Waals surface area contributed by atoms with E-state index in [0.717, 1.165) is 22.4 Å². The molecule has 0 aliphatic heterocycles. The molecule has 4 rings (SSSR count). The number of aromatic nitrogens is 3. The van der Waals surface area contributed by atoms with Gasteiger partial charge in [-0.25, -0.2) is 9.37 Å². The lowest BCUT2D eigenvalue weighted by Gasteiger charge is -2.10. The fraction of sp³-hybridized carbons (Fsp3) is 0.130. The number of pyridine rings is 1. The second-order valence-electron chi connectivity index (χ2n) is 7.30. The highest BCUT2D eigenvalue weighted by atomic mass is 19.1. The molecule has 2 amide bonds. The molecule has 0 bridgehead atoms. The molecule has 0 fully saturated rings. The van der Waals surface area contributed by atoms with E-state index >= 15 is 0 Å². The van der Waals surface area contributed by atoms with Crippen LogP contribution in [0.15, 0.2) is 65.6 Å². The van der Waals surface area contributed by atoms with E-state index in [9.17, 15) is 18.8 Å². The van der Waals surface area contributed by atoms with Crippen molar-refractivity contribution in [2.24, 2.45) is 0 Å². The number of nitrogens with one attached hydrogen (secondary N) is 3. The van der Waals surface area contributed by atoms with Crippen LogP contribution in [0.4, 0.5) is 10.1 Å². The van der Waals surface area contributed by atoms with Gasteiger partial charge in [-0.15, -0.1) is 0 Å². The highest BCUT2D eigenvalue weighted by molar-refractivity contribution is 5.94. The normalized spacial score (nSPS) is 10.8. The smallest absolute Gasteiger partial charge is 0.253 e. The molecule has 0 spiro atoms. The predicted molar refractivity (Wildman–Crippen MR) is 118 cm³/mol. The molecule has 0 saturated carbocycles. The molecule has 3 N–H and O–H groups in total. The summed E-state index contributed by atoms with van der Waals surface area (Å²) in [6, 6.07) is 13.7. The first-order valence-corrected chi connectivity index (χ1v) is 9.87. The molecule has 0 atom stereocenters. The second kappa shape index (κ2) is 8.84. The Labute approximate surface area is 182 Å². The average molecular weight is 433 g/mol. The van der Waals surface area contributed by atoms with E-state index in [-0.39, 0.29) is 24.5 Å². The van der Waals surface area contributed by atoms with E-state index < -0.39 is 17.4 Å². The quantitative estimate of drug-likeness (QED) is 0.434. The first-order valence-electron chi connectivity index (χ1n) is 9.87. The van der Waals surface area contributed by atoms with Gasteiger partial charge in [0, 0.05) is 24.5 Å². The number of hydrogen-bond acceptors (Lipinski definition) is 4. The van der Waals surface area contributed by atoms with Crippen LogP contribution in [0.25, 0.3) is 11.0 Å². The van der Waals surface area contributed by atoms with Crippen LogP contribution in [0.2, 0.25) is 0 Å². The number of imidazole rings is 1. The molecule has 2 aromatic heterocycles. The summed E-state index contributed by atoms with van der Waals surface area (Å²) >= 11 is 0. The maximum absolute atomic E-state index is 13.0. The summed E-state index contributed by atoms with van der Waals surface area (Å²) in [5.41, 5.74) is 2.70. The summed E-state index contributed by atoms with van der Waals surface area (Å²) in [6.45, 7) is 1.79. The topological polar surface area (TPSA) is 109 Å². The maximum Gasteiger partial charge on any atom is 0.253 e. The number of nitrogens with zero attached hydrogens (tertiary/aromatic N) is 2. The zero-order valence-electron chi connectivity index (χ0n) is 17.2. The van der Waals surface area contributed by atoms with Gasteiger partial charge in [0.05, 0.1) is 16.6 Å². The van der Waals surface area contributed by atoms with Gasteiger partial charge in [0.1, 0.15) is 18.2 Å². The number of aromatic amines is 1. The van der Waals surface area contributed by atoms with Crippen molar-refractivity contribution in [3.8, 4) is 0 Å². The number of benzene rings is 2. The summed E-state index contributed by atoms with van der Waals surface area (Å²) in [4.78, 5) is 44.5. The Morgan fingerprint density at radius 2 is 1.88 bits per heavy atom. The number of amides is 2. The molecule has 8 nitrogen and oxygen atoms in total. The number of halogens is 1. The lowest BCUT2D eigenvalue weighted by atomic mass is 10.2. The standard InChI is InChI=1S/C23H20FN5O3/c1-14-26-19-8-7-18(10-20(19)27-14)28-21(30)13-29-12-16(4-9-22(29)31)23(32)25-11-15-2-5-17(24)6-3-15/h2-10,12H,11,13H2,1H3,(H,25,32)(H,26,27)(H,28,30). The fourth-order valence-corrected chi connectivity index (χ4v) is 3.25. The average Bonchev–Trinajstić information content (AvgIpc) is 3.14. The molecule has 0 aliphatic rings. The molecule has 2 heterocycles. The summed E-state index contributed by atoms with van der Waals surface area (Å²) < 4.78 is 14.2. The van der Waals surface area contributed by atoms with Crippen LogP contribution in [0.1, 0.15) is 21.7 Å². The number of rotatable bonds is 6. The van der Waals surface area contributed by atoms with Crippen molar-refractivity contribution >= 4 is 28.5 Å². The van der Waals surface area contributed by atoms with Crippen molar-refractivity contribution in [3.63, 3.8) is 0 Å². The minimum absolute atomic E-state index is 0.203. The first-order chi connectivity index (χ1) is 15.4. The molecule has 4 aromatic rings. The van der Waals surface area contributed by atoms with Gasteiger partial charge in [-0.1, -0.05) is 12.1 Å². The molecule has 0 aliphatic carbocycles. The van der Waals surface area contributed by atoms with Gasteiger partial charge < -0.3 is 20.2 Å². The molecule has 9 heteroatoms. The number of aryl methyl sites for hydroxylation is 1. The van der Waals surface area contributed by atoms with Crippen LogP contribution in [0.5, 0.6) is 0 Å². The van der Waals surface area contributed by atoms with E-state index in [0.29, 0.717) is 5.69 Å². The highest BCUT2D eigenvalue weighted by Crippen LogP contribution is 2.17. The summed E-state index contributed by atoms with van der Waals surface area (Å²) in [5, 5.41) is 5.45. The number of carbonyl (C=O) groups excluding carboxylic acids is 2. The predicted octanol–water partition coefficient (Wildman–Crippen LogP) is 2.74. The summed E-state index contributed by atoms with van der Waals surface area (Å²) in [6.07, 6.45) is 1.34. The van der Waals surface area contributed by atoms with E-state index in [1.807, 2.05) is 6.92 Å². The Morgan fingerprint density at radius 1 is 1.09 bits per heavy atom. The van der Waals surface area contributed by atoms with Crippen molar-refractivity contribution in [1.29, 1.82) is 0 Å². The highest BCUT2D eigenvalue weighted by Gasteiger charge is 2.11. The van der Waals surface area contributed by atoms with E-state index in [1.165, 1.54) is 35.0 Å². The molecule has 2 aromatic carbocycles. The van der Waals surface area contributed by atoms with Gasteiger partial charge >= 0.3 is 0 Å². The van der Waals surface area contributed by atoms with Crippen LogP contribution in [-0.2, 0) is 17.9 Å². The molecule has 162 valence electrons. The van der Waals surface area contributed by atoms with Gasteiger partial charge in [0.2, 0.25) is 5.91 Å². The Bertz CT molecular complexity index is 1360. The molecule has 0 saturated heterocycles. The van der Waals surface area contributed by atoms with Crippen molar-refractivity contribution in [2.45, 2.75) is 20.0 Å². The van der Waals surface area contributed by atoms with E-state index in [4.69, 9.17) is 0 Å². The Balaban J connectivity index is 1.42. The SMILES string of the molecule is Cc1nc2ccc(NC(=O)Cn3cc(C(=O)NCc4ccc(F)cc4)ccc3=O)cc2[nH]1. The van der Waals surface area contributed by atoms with Gasteiger partial charge in [0.15, 0.2) is 0 Å². The van der Waals surface area contributed by atoms with Crippen molar-refractivity contribution in [3.05, 3.63) is 93.9 Å². The van der Waals surface area contributed by atoms with Gasteiger partial charge in [-0.05, 0) is 48.9 Å². The lowest BCUT2D eigenvalue weighted by Crippen LogP contribution is -2.29. The van der Waals surface area contributed by atoms with Gasteiger partial charge in [-0.3, -0.25) is 14.4 Å². The van der Waals surface area contributed by atoms with Crippen molar-refractivity contribution < 1.29 is 14.0 Å². The van der Waals surface area contributed by atoms with Gasteiger partial charge in [0.25, 0.3) is 11.5 Å². The van der Waals surface area contributed by atoms with Gasteiger partial charge in [-0.2, -0.15) is 0 Å². The minimum atomic E-state index is -0.413. The molecule has 0 radical (unpaired) electrons. The largest absolute Gasteiger partial charge is 0.348 e. The van der Waals surface area contributed by atoms with Crippen LogP contribution < -0.4 is 16.2 Å². The number of fused-ring (bicyclic) bond motifs is 1. The molecular weight excluding hydrogens is 413 g/mol. The third-order valence-corrected chi connectivity index (χ3v) is 4.81. The van der Waals surface area contributed by atoms with Crippen molar-refractivity contribution in [2.75, 3.05) is 5.32 Å². The van der Waals surface area contributed by atoms with E-state index in [1.54, 1.807) is 30.3 Å². The maximum atomic E-state index is 13.0. The van der Waals surface area contributed by atoms with Crippen LogP contribution >= 0.6 is 0 Å². The third kappa shape index (κ3) is 4.89. The Kier molecular flexibility index (Phi) is 5.80. The van der Waals surface area contributed by atoms with Crippen molar-refractivity contribution in [1.82, 2.24) is 19.9 Å². The summed E-state index contributed by atoms with van der Waals surface area (Å²) in [7, 11) is 0. The number of H-pyrrole nitrogens is 1. The lowest BCUT2D eigenvalue weighted by molar-refractivity contribution is -0.116. The van der Waals surface area contributed by atoms with Crippen LogP contribution in [0, 0.1) is 12.7 Å². The minimum Gasteiger partial charge on any atom is -0.348 e. The monoisotopic (exact) mass is 433 g/mol. The number of anilines is 1. The zero-order valence-corrected chi connectivity index (χ0v) is 17.2. The second-order valence-corrected chi connectivity index (χ2v) is 7.30. The Hall–Kier alpha value is -4.27. The molecule has 0 unspecified atom stereocenters. The molecule has 32 heavy (non-hydrogen) atoms. The van der Waals surface area contributed by atoms with E-state index in [2.05, 4.69) is 20.6 Å². The number of hydrogen-bond donors (Lipinski definition) is 3. The number of carbonyl (C=O) groups is 2. The molecular formula is C23H20FN5O3. The summed E-state index contributed by atoms with van der Waals surface area (Å²) in [5.74, 6) is -0.412. The van der Waals surface area contributed by atoms with Crippen LogP contribution in [-0.4, -0.2) is 26.3 Å².